The lowest BCUT2D eigenvalue weighted by Crippen LogP contribution is -2.44. The third-order valence-electron chi connectivity index (χ3n) is 3.10. The van der Waals surface area contributed by atoms with Crippen LogP contribution < -0.4 is 10.6 Å². The van der Waals surface area contributed by atoms with Crippen LogP contribution in [0.4, 0.5) is 0 Å². The minimum absolute atomic E-state index is 0.00447. The summed E-state index contributed by atoms with van der Waals surface area (Å²) in [5.41, 5.74) is 0.250. The Balaban J connectivity index is 2.85. The Morgan fingerprint density at radius 2 is 1.83 bits per heavy atom. The Hall–Kier alpha value is -1.97. The van der Waals surface area contributed by atoms with Gasteiger partial charge < -0.3 is 10.6 Å². The molecule has 0 heterocycles. The van der Waals surface area contributed by atoms with Gasteiger partial charge in [-0.25, -0.2) is 8.42 Å². The van der Waals surface area contributed by atoms with E-state index in [1.165, 1.54) is 38.4 Å². The highest BCUT2D eigenvalue weighted by atomic mass is 32.2. The molecule has 128 valence electrons. The van der Waals surface area contributed by atoms with Crippen LogP contribution in [0.15, 0.2) is 29.2 Å². The normalized spacial score (nSPS) is 12.7. The molecule has 1 atom stereocenters. The van der Waals surface area contributed by atoms with E-state index in [1.807, 2.05) is 0 Å². The van der Waals surface area contributed by atoms with Crippen molar-refractivity contribution >= 4 is 21.8 Å². The average Bonchev–Trinajstić information content (AvgIpc) is 2.54. The maximum absolute atomic E-state index is 12.0. The van der Waals surface area contributed by atoms with Crippen molar-refractivity contribution in [2.75, 3.05) is 20.7 Å². The van der Waals surface area contributed by atoms with Gasteiger partial charge >= 0.3 is 0 Å². The van der Waals surface area contributed by atoms with Crippen LogP contribution in [-0.2, 0) is 19.7 Å². The fourth-order valence-electron chi connectivity index (χ4n) is 1.70. The van der Waals surface area contributed by atoms with E-state index in [0.717, 1.165) is 4.47 Å². The van der Waals surface area contributed by atoms with E-state index in [2.05, 4.69) is 15.5 Å². The average molecular weight is 343 g/mol. The number of sulfonamides is 1. The van der Waals surface area contributed by atoms with E-state index in [1.54, 1.807) is 13.8 Å². The minimum Gasteiger partial charge on any atom is -0.355 e. The molecule has 9 heteroatoms. The monoisotopic (exact) mass is 343 g/mol. The van der Waals surface area contributed by atoms with Crippen LogP contribution in [-0.4, -0.2) is 51.4 Å². The first-order chi connectivity index (χ1) is 10.7. The molecule has 0 saturated heterocycles. The van der Waals surface area contributed by atoms with Crippen molar-refractivity contribution in [3.8, 4) is 0 Å². The van der Waals surface area contributed by atoms with Crippen molar-refractivity contribution in [2.24, 2.45) is 0 Å². The predicted octanol–water partition coefficient (Wildman–Crippen LogP) is 0.123. The van der Waals surface area contributed by atoms with Gasteiger partial charge in [-0.15, -0.1) is 0 Å². The maximum atomic E-state index is 12.0. The Morgan fingerprint density at radius 3 is 2.30 bits per heavy atom. The Labute approximate surface area is 135 Å². The topological polar surface area (TPSA) is 105 Å². The van der Waals surface area contributed by atoms with Crippen molar-refractivity contribution < 1.29 is 22.8 Å². The van der Waals surface area contributed by atoms with Crippen LogP contribution in [0, 0.1) is 0 Å². The SMILES string of the molecule is CCNC(=O)[C@@H](C)NC(=O)c1ccc(S(=O)(=O)N(C)OC)cc1. The molecule has 2 N–H and O–H groups in total. The number of hydroxylamine groups is 1. The highest BCUT2D eigenvalue weighted by Crippen LogP contribution is 2.15. The number of rotatable bonds is 7. The first-order valence-electron chi connectivity index (χ1n) is 6.95. The molecule has 0 spiro atoms. The molecule has 0 fully saturated rings. The number of amides is 2. The summed E-state index contributed by atoms with van der Waals surface area (Å²) in [6.07, 6.45) is 0. The third-order valence-corrected chi connectivity index (χ3v) is 4.80. The number of nitrogens with one attached hydrogen (secondary N) is 2. The zero-order chi connectivity index (χ0) is 17.6. The summed E-state index contributed by atoms with van der Waals surface area (Å²) in [5, 5.41) is 5.13. The minimum atomic E-state index is -3.76. The molecule has 0 aromatic heterocycles. The molecule has 0 aliphatic heterocycles. The Morgan fingerprint density at radius 1 is 1.26 bits per heavy atom. The van der Waals surface area contributed by atoms with Crippen LogP contribution in [0.25, 0.3) is 0 Å². The van der Waals surface area contributed by atoms with Gasteiger partial charge in [0.15, 0.2) is 0 Å². The second-order valence-electron chi connectivity index (χ2n) is 4.71. The summed E-state index contributed by atoms with van der Waals surface area (Å²) in [4.78, 5) is 28.3. The summed E-state index contributed by atoms with van der Waals surface area (Å²) in [5.74, 6) is -0.755. The summed E-state index contributed by atoms with van der Waals surface area (Å²) >= 11 is 0. The van der Waals surface area contributed by atoms with E-state index in [9.17, 15) is 18.0 Å². The van der Waals surface area contributed by atoms with Gasteiger partial charge in [0.2, 0.25) is 5.91 Å². The molecule has 0 radical (unpaired) electrons. The lowest BCUT2D eigenvalue weighted by atomic mass is 10.2. The van der Waals surface area contributed by atoms with Gasteiger partial charge in [-0.2, -0.15) is 0 Å². The quantitative estimate of drug-likeness (QED) is 0.685. The van der Waals surface area contributed by atoms with Gasteiger partial charge in [0.25, 0.3) is 15.9 Å². The summed E-state index contributed by atoms with van der Waals surface area (Å²) in [7, 11) is -1.25. The Bertz CT molecular complexity index is 657. The molecular weight excluding hydrogens is 322 g/mol. The van der Waals surface area contributed by atoms with Crippen molar-refractivity contribution in [2.45, 2.75) is 24.8 Å². The number of hydrogen-bond acceptors (Lipinski definition) is 5. The molecule has 2 amide bonds. The molecule has 23 heavy (non-hydrogen) atoms. The second-order valence-corrected chi connectivity index (χ2v) is 6.65. The van der Waals surface area contributed by atoms with Crippen LogP contribution in [0.5, 0.6) is 0 Å². The van der Waals surface area contributed by atoms with Crippen molar-refractivity contribution in [1.29, 1.82) is 0 Å². The number of carbonyl (C=O) groups excluding carboxylic acids is 2. The van der Waals surface area contributed by atoms with Crippen molar-refractivity contribution in [1.82, 2.24) is 15.1 Å². The smallest absolute Gasteiger partial charge is 0.264 e. The molecule has 1 aromatic carbocycles. The fourth-order valence-corrected chi connectivity index (χ4v) is 2.67. The zero-order valence-corrected chi connectivity index (χ0v) is 14.3. The largest absolute Gasteiger partial charge is 0.355 e. The number of nitrogens with zero attached hydrogens (tertiary/aromatic N) is 1. The zero-order valence-electron chi connectivity index (χ0n) is 13.5. The molecule has 0 saturated carbocycles. The summed E-state index contributed by atoms with van der Waals surface area (Å²) < 4.78 is 24.8. The molecule has 0 aliphatic carbocycles. The van der Waals surface area contributed by atoms with Gasteiger partial charge in [-0.1, -0.05) is 4.47 Å². The Kier molecular flexibility index (Phi) is 6.67. The standard InChI is InChI=1S/C14H21N3O5S/c1-5-15-13(18)10(2)16-14(19)11-6-8-12(9-7-11)23(20,21)17(3)22-4/h6-10H,5H2,1-4H3,(H,15,18)(H,16,19)/t10-/m1/s1. The van der Waals surface area contributed by atoms with Crippen LogP contribution >= 0.6 is 0 Å². The molecule has 1 aromatic rings. The van der Waals surface area contributed by atoms with Gasteiger partial charge in [-0.05, 0) is 38.1 Å². The van der Waals surface area contributed by atoms with Gasteiger partial charge in [0.1, 0.15) is 6.04 Å². The third kappa shape index (κ3) is 4.75. The number of hydrogen-bond donors (Lipinski definition) is 2. The van der Waals surface area contributed by atoms with E-state index >= 15 is 0 Å². The fraction of sp³-hybridized carbons (Fsp3) is 0.429. The van der Waals surface area contributed by atoms with E-state index in [4.69, 9.17) is 0 Å². The lowest BCUT2D eigenvalue weighted by molar-refractivity contribution is -0.122. The molecule has 0 unspecified atom stereocenters. The van der Waals surface area contributed by atoms with Gasteiger partial charge in [-0.3, -0.25) is 14.4 Å². The molecule has 8 nitrogen and oxygen atoms in total. The number of benzene rings is 1. The summed E-state index contributed by atoms with van der Waals surface area (Å²) in [6.45, 7) is 3.82. The van der Waals surface area contributed by atoms with E-state index < -0.39 is 22.0 Å². The molecule has 0 aliphatic rings. The van der Waals surface area contributed by atoms with Gasteiger partial charge in [0, 0.05) is 19.2 Å². The first-order valence-corrected chi connectivity index (χ1v) is 8.39. The van der Waals surface area contributed by atoms with Gasteiger partial charge in [0.05, 0.1) is 12.0 Å². The predicted molar refractivity (Wildman–Crippen MR) is 84.0 cm³/mol. The van der Waals surface area contributed by atoms with E-state index in [0.29, 0.717) is 6.54 Å². The van der Waals surface area contributed by atoms with Crippen LogP contribution in [0.3, 0.4) is 0 Å². The second kappa shape index (κ2) is 8.04. The van der Waals surface area contributed by atoms with Crippen molar-refractivity contribution in [3.05, 3.63) is 29.8 Å². The molecule has 1 rings (SSSR count). The van der Waals surface area contributed by atoms with Crippen LogP contribution in [0.1, 0.15) is 24.2 Å². The highest BCUT2D eigenvalue weighted by molar-refractivity contribution is 7.89. The molecular formula is C14H21N3O5S. The molecule has 0 bridgehead atoms. The highest BCUT2D eigenvalue weighted by Gasteiger charge is 2.21. The lowest BCUT2D eigenvalue weighted by Gasteiger charge is -2.15. The van der Waals surface area contributed by atoms with E-state index in [-0.39, 0.29) is 16.4 Å². The maximum Gasteiger partial charge on any atom is 0.264 e. The first kappa shape index (κ1) is 19.1. The van der Waals surface area contributed by atoms with Crippen molar-refractivity contribution in [3.63, 3.8) is 0 Å². The number of carbonyl (C=O) groups is 2. The summed E-state index contributed by atoms with van der Waals surface area (Å²) in [6, 6.07) is 4.66. The number of likely N-dealkylation sites (N-methyl/N-ethyl adjacent to an activating group) is 1. The van der Waals surface area contributed by atoms with Crippen LogP contribution in [0.2, 0.25) is 0 Å².